The van der Waals surface area contributed by atoms with Gasteiger partial charge in [0.15, 0.2) is 0 Å². The SMILES string of the molecule is CCCNC(Cc1c(C)cccc1C)c1ccnc(C)c1. The zero-order valence-corrected chi connectivity index (χ0v) is 13.6. The van der Waals surface area contributed by atoms with Crippen LogP contribution in [0.1, 0.15) is 47.3 Å². The van der Waals surface area contributed by atoms with E-state index in [0.717, 1.165) is 25.1 Å². The van der Waals surface area contributed by atoms with Crippen LogP contribution < -0.4 is 5.32 Å². The molecule has 2 heteroatoms. The minimum absolute atomic E-state index is 0.353. The van der Waals surface area contributed by atoms with Gasteiger partial charge in [0.05, 0.1) is 0 Å². The highest BCUT2D eigenvalue weighted by Gasteiger charge is 2.14. The number of hydrogen-bond donors (Lipinski definition) is 1. The molecule has 1 unspecified atom stereocenters. The van der Waals surface area contributed by atoms with Crippen LogP contribution >= 0.6 is 0 Å². The first kappa shape index (κ1) is 15.7. The van der Waals surface area contributed by atoms with Crippen LogP contribution in [0.5, 0.6) is 0 Å². The highest BCUT2D eigenvalue weighted by atomic mass is 14.9. The monoisotopic (exact) mass is 282 g/mol. The largest absolute Gasteiger partial charge is 0.310 e. The Hall–Kier alpha value is -1.67. The Balaban J connectivity index is 2.28. The Morgan fingerprint density at radius 3 is 2.43 bits per heavy atom. The minimum atomic E-state index is 0.353. The molecule has 0 spiro atoms. The van der Waals surface area contributed by atoms with E-state index in [2.05, 4.69) is 68.3 Å². The standard InChI is InChI=1S/C19H26N2/c1-5-10-21-19(17-9-11-20-16(4)12-17)13-18-14(2)7-6-8-15(18)3/h6-9,11-12,19,21H,5,10,13H2,1-4H3. The van der Waals surface area contributed by atoms with Crippen molar-refractivity contribution < 1.29 is 0 Å². The lowest BCUT2D eigenvalue weighted by molar-refractivity contribution is 0.526. The van der Waals surface area contributed by atoms with E-state index in [4.69, 9.17) is 0 Å². The van der Waals surface area contributed by atoms with Crippen LogP contribution in [0, 0.1) is 20.8 Å². The van der Waals surface area contributed by atoms with Crippen LogP contribution in [0.3, 0.4) is 0 Å². The lowest BCUT2D eigenvalue weighted by Crippen LogP contribution is -2.24. The van der Waals surface area contributed by atoms with Gasteiger partial charge < -0.3 is 5.32 Å². The molecule has 0 bridgehead atoms. The fourth-order valence-corrected chi connectivity index (χ4v) is 2.79. The summed E-state index contributed by atoms with van der Waals surface area (Å²) in [6, 6.07) is 11.2. The van der Waals surface area contributed by atoms with Crippen molar-refractivity contribution in [3.8, 4) is 0 Å². The maximum Gasteiger partial charge on any atom is 0.0375 e. The van der Waals surface area contributed by atoms with Gasteiger partial charge in [-0.1, -0.05) is 25.1 Å². The van der Waals surface area contributed by atoms with E-state index >= 15 is 0 Å². The summed E-state index contributed by atoms with van der Waals surface area (Å²) >= 11 is 0. The molecule has 1 heterocycles. The van der Waals surface area contributed by atoms with Crippen molar-refractivity contribution in [2.45, 2.75) is 46.6 Å². The van der Waals surface area contributed by atoms with Gasteiger partial charge in [-0.25, -0.2) is 0 Å². The lowest BCUT2D eigenvalue weighted by atomic mass is 9.93. The molecule has 0 amide bonds. The number of nitrogens with zero attached hydrogens (tertiary/aromatic N) is 1. The fraction of sp³-hybridized carbons (Fsp3) is 0.421. The van der Waals surface area contributed by atoms with Crippen LogP contribution in [0.2, 0.25) is 0 Å². The third-order valence-corrected chi connectivity index (χ3v) is 4.02. The lowest BCUT2D eigenvalue weighted by Gasteiger charge is -2.21. The number of aromatic nitrogens is 1. The number of benzene rings is 1. The number of pyridine rings is 1. The first-order valence-electron chi connectivity index (χ1n) is 7.82. The van der Waals surface area contributed by atoms with Crippen LogP contribution in [-0.4, -0.2) is 11.5 Å². The molecule has 1 aromatic heterocycles. The van der Waals surface area contributed by atoms with Gasteiger partial charge in [-0.2, -0.15) is 0 Å². The molecule has 2 nitrogen and oxygen atoms in total. The van der Waals surface area contributed by atoms with E-state index in [-0.39, 0.29) is 0 Å². The normalized spacial score (nSPS) is 12.4. The maximum atomic E-state index is 4.32. The third kappa shape index (κ3) is 4.15. The van der Waals surface area contributed by atoms with E-state index in [1.807, 2.05) is 6.20 Å². The van der Waals surface area contributed by atoms with Crippen LogP contribution in [0.4, 0.5) is 0 Å². The quantitative estimate of drug-likeness (QED) is 0.855. The zero-order chi connectivity index (χ0) is 15.2. The van der Waals surface area contributed by atoms with Crippen molar-refractivity contribution in [2.24, 2.45) is 0 Å². The van der Waals surface area contributed by atoms with Crippen molar-refractivity contribution in [1.29, 1.82) is 0 Å². The predicted molar refractivity (Wildman–Crippen MR) is 89.6 cm³/mol. The van der Waals surface area contributed by atoms with Gasteiger partial charge in [-0.15, -0.1) is 0 Å². The van der Waals surface area contributed by atoms with Gasteiger partial charge >= 0.3 is 0 Å². The Bertz CT molecular complexity index is 570. The molecule has 0 saturated carbocycles. The van der Waals surface area contributed by atoms with Crippen molar-refractivity contribution in [3.05, 3.63) is 64.5 Å². The Kier molecular flexibility index (Phi) is 5.51. The summed E-state index contributed by atoms with van der Waals surface area (Å²) in [6.07, 6.45) is 4.09. The molecular formula is C19H26N2. The van der Waals surface area contributed by atoms with Crippen molar-refractivity contribution in [3.63, 3.8) is 0 Å². The van der Waals surface area contributed by atoms with Gasteiger partial charge in [-0.05, 0) is 74.5 Å². The van der Waals surface area contributed by atoms with Gasteiger partial charge in [0.1, 0.15) is 0 Å². The smallest absolute Gasteiger partial charge is 0.0375 e. The second-order valence-electron chi connectivity index (χ2n) is 5.81. The van der Waals surface area contributed by atoms with Gasteiger partial charge in [0.25, 0.3) is 0 Å². The van der Waals surface area contributed by atoms with Crippen molar-refractivity contribution in [2.75, 3.05) is 6.54 Å². The van der Waals surface area contributed by atoms with Gasteiger partial charge in [0, 0.05) is 17.9 Å². The minimum Gasteiger partial charge on any atom is -0.310 e. The van der Waals surface area contributed by atoms with Crippen molar-refractivity contribution in [1.82, 2.24) is 10.3 Å². The molecule has 0 aliphatic carbocycles. The van der Waals surface area contributed by atoms with Crippen molar-refractivity contribution >= 4 is 0 Å². The summed E-state index contributed by atoms with van der Waals surface area (Å²) in [5.41, 5.74) is 6.63. The number of aryl methyl sites for hydroxylation is 3. The molecule has 112 valence electrons. The van der Waals surface area contributed by atoms with Crippen LogP contribution in [0.25, 0.3) is 0 Å². The molecule has 2 rings (SSSR count). The molecular weight excluding hydrogens is 256 g/mol. The van der Waals surface area contributed by atoms with Crippen LogP contribution in [0.15, 0.2) is 36.5 Å². The molecule has 0 fully saturated rings. The highest BCUT2D eigenvalue weighted by Crippen LogP contribution is 2.23. The molecule has 1 atom stereocenters. The molecule has 0 aliphatic heterocycles. The van der Waals surface area contributed by atoms with Gasteiger partial charge in [0.2, 0.25) is 0 Å². The summed E-state index contributed by atoms with van der Waals surface area (Å²) in [4.78, 5) is 4.32. The Labute approximate surface area is 128 Å². The second kappa shape index (κ2) is 7.37. The summed E-state index contributed by atoms with van der Waals surface area (Å²) in [6.45, 7) is 9.71. The van der Waals surface area contributed by atoms with Crippen LogP contribution in [-0.2, 0) is 6.42 Å². The van der Waals surface area contributed by atoms with E-state index in [0.29, 0.717) is 6.04 Å². The number of nitrogens with one attached hydrogen (secondary N) is 1. The molecule has 0 radical (unpaired) electrons. The topological polar surface area (TPSA) is 24.9 Å². The van der Waals surface area contributed by atoms with Gasteiger partial charge in [-0.3, -0.25) is 4.98 Å². The Morgan fingerprint density at radius 2 is 1.81 bits per heavy atom. The second-order valence-corrected chi connectivity index (χ2v) is 5.81. The molecule has 21 heavy (non-hydrogen) atoms. The third-order valence-electron chi connectivity index (χ3n) is 4.02. The number of hydrogen-bond acceptors (Lipinski definition) is 2. The highest BCUT2D eigenvalue weighted by molar-refractivity contribution is 5.35. The number of rotatable bonds is 6. The predicted octanol–water partition coefficient (Wildman–Crippen LogP) is 4.29. The van der Waals surface area contributed by atoms with E-state index < -0.39 is 0 Å². The zero-order valence-electron chi connectivity index (χ0n) is 13.6. The average Bonchev–Trinajstić information content (AvgIpc) is 2.46. The maximum absolute atomic E-state index is 4.32. The first-order chi connectivity index (χ1) is 10.1. The summed E-state index contributed by atoms with van der Waals surface area (Å²) in [5, 5.41) is 3.69. The average molecular weight is 282 g/mol. The molecule has 0 aliphatic rings. The molecule has 0 saturated heterocycles. The van der Waals surface area contributed by atoms with E-state index in [1.165, 1.54) is 22.3 Å². The Morgan fingerprint density at radius 1 is 1.10 bits per heavy atom. The molecule has 2 aromatic rings. The van der Waals surface area contributed by atoms with E-state index in [9.17, 15) is 0 Å². The summed E-state index contributed by atoms with van der Waals surface area (Å²) in [5.74, 6) is 0. The first-order valence-corrected chi connectivity index (χ1v) is 7.82. The molecule has 1 aromatic carbocycles. The summed E-state index contributed by atoms with van der Waals surface area (Å²) in [7, 11) is 0. The van der Waals surface area contributed by atoms with E-state index in [1.54, 1.807) is 0 Å². The molecule has 1 N–H and O–H groups in total. The fourth-order valence-electron chi connectivity index (χ4n) is 2.79. The summed E-state index contributed by atoms with van der Waals surface area (Å²) < 4.78 is 0.